The molecule has 0 radical (unpaired) electrons. The van der Waals surface area contributed by atoms with Crippen molar-refractivity contribution in [2.45, 2.75) is 38.6 Å². The number of hydrogen-bond acceptors (Lipinski definition) is 3. The zero-order valence-corrected chi connectivity index (χ0v) is 18.5. The van der Waals surface area contributed by atoms with Gasteiger partial charge in [0.1, 0.15) is 6.54 Å². The Morgan fingerprint density at radius 3 is 2.80 bits per heavy atom. The molecule has 1 saturated carbocycles. The van der Waals surface area contributed by atoms with Gasteiger partial charge in [-0.3, -0.25) is 14.5 Å². The molecule has 1 N–H and O–H groups in total. The lowest BCUT2D eigenvalue weighted by Gasteiger charge is -2.32. The summed E-state index contributed by atoms with van der Waals surface area (Å²) in [6, 6.07) is 15.1. The molecule has 1 heterocycles. The first-order valence-corrected chi connectivity index (χ1v) is 11.2. The molecule has 1 aliphatic carbocycles. The van der Waals surface area contributed by atoms with E-state index in [0.29, 0.717) is 17.4 Å². The lowest BCUT2D eigenvalue weighted by Crippen LogP contribution is -2.48. The average molecular weight is 469 g/mol. The number of halogens is 1. The molecule has 4 rings (SSSR count). The number of ether oxygens (including phenoxy) is 1. The molecule has 5 nitrogen and oxygen atoms in total. The summed E-state index contributed by atoms with van der Waals surface area (Å²) in [7, 11) is 0. The SMILES string of the molecule is C[C@H]1CCCC[C@@H]1NC(=O)CN1C(=O)/C(=C\c2cccc(Br)c2)Oc2ccccc21. The molecule has 30 heavy (non-hydrogen) atoms. The number of benzene rings is 2. The molecule has 2 aromatic carbocycles. The van der Waals surface area contributed by atoms with Gasteiger partial charge in [0.05, 0.1) is 5.69 Å². The summed E-state index contributed by atoms with van der Waals surface area (Å²) in [6.07, 6.45) is 6.18. The molecule has 1 fully saturated rings. The lowest BCUT2D eigenvalue weighted by molar-refractivity contribution is -0.124. The first-order chi connectivity index (χ1) is 14.5. The van der Waals surface area contributed by atoms with Gasteiger partial charge in [0.25, 0.3) is 5.91 Å². The van der Waals surface area contributed by atoms with E-state index >= 15 is 0 Å². The fourth-order valence-electron chi connectivity index (χ4n) is 4.09. The summed E-state index contributed by atoms with van der Waals surface area (Å²) in [6.45, 7) is 2.15. The van der Waals surface area contributed by atoms with Gasteiger partial charge in [0, 0.05) is 10.5 Å². The van der Waals surface area contributed by atoms with Crippen LogP contribution in [-0.2, 0) is 9.59 Å². The van der Waals surface area contributed by atoms with E-state index in [9.17, 15) is 9.59 Å². The van der Waals surface area contributed by atoms with Gasteiger partial charge in [0.2, 0.25) is 5.91 Å². The van der Waals surface area contributed by atoms with Crippen molar-refractivity contribution in [3.8, 4) is 5.75 Å². The zero-order chi connectivity index (χ0) is 21.1. The second-order valence-corrected chi connectivity index (χ2v) is 8.88. The van der Waals surface area contributed by atoms with Crippen LogP contribution >= 0.6 is 15.9 Å². The van der Waals surface area contributed by atoms with Crippen molar-refractivity contribution in [2.24, 2.45) is 5.92 Å². The van der Waals surface area contributed by atoms with Crippen LogP contribution in [0.1, 0.15) is 38.2 Å². The first kappa shape index (κ1) is 20.7. The van der Waals surface area contributed by atoms with Gasteiger partial charge >= 0.3 is 0 Å². The van der Waals surface area contributed by atoms with Crippen LogP contribution in [0.25, 0.3) is 6.08 Å². The second-order valence-electron chi connectivity index (χ2n) is 7.96. The van der Waals surface area contributed by atoms with Crippen molar-refractivity contribution in [3.05, 3.63) is 64.3 Å². The molecule has 2 aromatic rings. The maximum Gasteiger partial charge on any atom is 0.294 e. The molecule has 0 aromatic heterocycles. The quantitative estimate of drug-likeness (QED) is 0.648. The number of amides is 2. The van der Waals surface area contributed by atoms with Gasteiger partial charge in [-0.05, 0) is 54.7 Å². The average Bonchev–Trinajstić information content (AvgIpc) is 2.73. The largest absolute Gasteiger partial charge is 0.449 e. The standard InChI is InChI=1S/C24H25BrN2O3/c1-16-7-2-3-10-19(16)26-23(28)15-27-20-11-4-5-12-21(20)30-22(24(27)29)14-17-8-6-9-18(25)13-17/h4-6,8-9,11-14,16,19H,2-3,7,10,15H2,1H3,(H,26,28)/b22-14+/t16-,19-/m0/s1. The van der Waals surface area contributed by atoms with Crippen LogP contribution in [0.4, 0.5) is 5.69 Å². The number of hydrogen-bond donors (Lipinski definition) is 1. The van der Waals surface area contributed by atoms with E-state index in [1.54, 1.807) is 12.1 Å². The summed E-state index contributed by atoms with van der Waals surface area (Å²) in [4.78, 5) is 27.5. The number of para-hydroxylation sites is 2. The van der Waals surface area contributed by atoms with Crippen molar-refractivity contribution >= 4 is 39.5 Å². The Hall–Kier alpha value is -2.60. The van der Waals surface area contributed by atoms with E-state index in [1.165, 1.54) is 11.3 Å². The number of rotatable bonds is 4. The number of fused-ring (bicyclic) bond motifs is 1. The van der Waals surface area contributed by atoms with Crippen LogP contribution < -0.4 is 15.0 Å². The molecule has 156 valence electrons. The second kappa shape index (κ2) is 9.04. The van der Waals surface area contributed by atoms with Crippen molar-refractivity contribution in [1.29, 1.82) is 0 Å². The highest BCUT2D eigenvalue weighted by molar-refractivity contribution is 9.10. The highest BCUT2D eigenvalue weighted by Gasteiger charge is 2.32. The molecule has 2 atom stereocenters. The van der Waals surface area contributed by atoms with E-state index < -0.39 is 0 Å². The van der Waals surface area contributed by atoms with Crippen molar-refractivity contribution in [1.82, 2.24) is 5.32 Å². The third kappa shape index (κ3) is 4.59. The molecular formula is C24H25BrN2O3. The Labute approximate surface area is 185 Å². The minimum Gasteiger partial charge on any atom is -0.449 e. The van der Waals surface area contributed by atoms with Crippen molar-refractivity contribution in [2.75, 3.05) is 11.4 Å². The number of nitrogens with one attached hydrogen (secondary N) is 1. The van der Waals surface area contributed by atoms with Crippen LogP contribution in [0.5, 0.6) is 5.75 Å². The number of nitrogens with zero attached hydrogens (tertiary/aromatic N) is 1. The topological polar surface area (TPSA) is 58.6 Å². The monoisotopic (exact) mass is 468 g/mol. The summed E-state index contributed by atoms with van der Waals surface area (Å²) in [5.41, 5.74) is 1.45. The van der Waals surface area contributed by atoms with Crippen LogP contribution in [0, 0.1) is 5.92 Å². The molecule has 0 spiro atoms. The summed E-state index contributed by atoms with van der Waals surface area (Å²) < 4.78 is 6.80. The third-order valence-corrected chi connectivity index (χ3v) is 6.23. The van der Waals surface area contributed by atoms with Crippen molar-refractivity contribution in [3.63, 3.8) is 0 Å². The Morgan fingerprint density at radius 1 is 1.20 bits per heavy atom. The maximum absolute atomic E-state index is 13.2. The normalized spacial score (nSPS) is 22.4. The molecule has 0 bridgehead atoms. The van der Waals surface area contributed by atoms with Gasteiger partial charge in [-0.25, -0.2) is 0 Å². The van der Waals surface area contributed by atoms with E-state index in [1.807, 2.05) is 42.5 Å². The minimum atomic E-state index is -0.319. The number of anilines is 1. The predicted octanol–water partition coefficient (Wildman–Crippen LogP) is 4.91. The molecule has 2 aliphatic rings. The highest BCUT2D eigenvalue weighted by Crippen LogP contribution is 2.35. The van der Waals surface area contributed by atoms with Crippen molar-refractivity contribution < 1.29 is 14.3 Å². The Balaban J connectivity index is 1.57. The van der Waals surface area contributed by atoms with Gasteiger partial charge in [-0.2, -0.15) is 0 Å². The molecule has 2 amide bonds. The Bertz CT molecular complexity index is 988. The first-order valence-electron chi connectivity index (χ1n) is 10.4. The third-order valence-electron chi connectivity index (χ3n) is 5.74. The summed E-state index contributed by atoms with van der Waals surface area (Å²) >= 11 is 3.45. The van der Waals surface area contributed by atoms with E-state index in [0.717, 1.165) is 29.3 Å². The van der Waals surface area contributed by atoms with Crippen LogP contribution in [0.2, 0.25) is 0 Å². The molecule has 6 heteroatoms. The molecular weight excluding hydrogens is 444 g/mol. The fraction of sp³-hybridized carbons (Fsp3) is 0.333. The Morgan fingerprint density at radius 2 is 2.00 bits per heavy atom. The predicted molar refractivity (Wildman–Crippen MR) is 121 cm³/mol. The van der Waals surface area contributed by atoms with Crippen LogP contribution in [0.15, 0.2) is 58.8 Å². The summed E-state index contributed by atoms with van der Waals surface area (Å²) in [5.74, 6) is 0.770. The van der Waals surface area contributed by atoms with Gasteiger partial charge in [-0.1, -0.05) is 60.0 Å². The van der Waals surface area contributed by atoms with Crippen LogP contribution in [0.3, 0.4) is 0 Å². The number of carbonyl (C=O) groups excluding carboxylic acids is 2. The smallest absolute Gasteiger partial charge is 0.294 e. The lowest BCUT2D eigenvalue weighted by atomic mass is 9.86. The zero-order valence-electron chi connectivity index (χ0n) is 16.9. The molecule has 0 saturated heterocycles. The molecule has 1 aliphatic heterocycles. The van der Waals surface area contributed by atoms with E-state index in [-0.39, 0.29) is 30.2 Å². The Kier molecular flexibility index (Phi) is 6.23. The van der Waals surface area contributed by atoms with E-state index in [2.05, 4.69) is 28.2 Å². The number of carbonyl (C=O) groups is 2. The summed E-state index contributed by atoms with van der Waals surface area (Å²) in [5, 5.41) is 3.14. The minimum absolute atomic E-state index is 0.0295. The van der Waals surface area contributed by atoms with Gasteiger partial charge in [-0.15, -0.1) is 0 Å². The van der Waals surface area contributed by atoms with Gasteiger partial charge < -0.3 is 10.1 Å². The molecule has 0 unspecified atom stereocenters. The van der Waals surface area contributed by atoms with E-state index in [4.69, 9.17) is 4.74 Å². The van der Waals surface area contributed by atoms with Crippen LogP contribution in [-0.4, -0.2) is 24.4 Å². The van der Waals surface area contributed by atoms with Gasteiger partial charge in [0.15, 0.2) is 11.5 Å². The fourth-order valence-corrected chi connectivity index (χ4v) is 4.51. The highest BCUT2D eigenvalue weighted by atomic mass is 79.9. The maximum atomic E-state index is 13.2.